The van der Waals surface area contributed by atoms with E-state index in [1.807, 2.05) is 42.5 Å². The molecule has 1 fully saturated rings. The number of morpholine rings is 1. The van der Waals surface area contributed by atoms with Crippen LogP contribution >= 0.6 is 11.3 Å². The Hall–Kier alpha value is -3.73. The van der Waals surface area contributed by atoms with Crippen LogP contribution in [0.4, 0.5) is 16.6 Å². The van der Waals surface area contributed by atoms with Gasteiger partial charge in [-0.3, -0.25) is 9.69 Å². The van der Waals surface area contributed by atoms with Gasteiger partial charge in [-0.05, 0) is 30.3 Å². The van der Waals surface area contributed by atoms with Gasteiger partial charge in [0.15, 0.2) is 11.0 Å². The Morgan fingerprint density at radius 2 is 2.03 bits per heavy atom. The summed E-state index contributed by atoms with van der Waals surface area (Å²) in [7, 11) is 0. The normalized spacial score (nSPS) is 14.1. The minimum absolute atomic E-state index is 0.272. The van der Waals surface area contributed by atoms with Gasteiger partial charge in [-0.25, -0.2) is 19.9 Å². The third-order valence-corrected chi connectivity index (χ3v) is 6.14. The zero-order valence-corrected chi connectivity index (χ0v) is 19.2. The average molecular weight is 474 g/mol. The summed E-state index contributed by atoms with van der Waals surface area (Å²) in [6.45, 7) is 7.33. The van der Waals surface area contributed by atoms with E-state index >= 15 is 0 Å². The van der Waals surface area contributed by atoms with E-state index in [2.05, 4.69) is 32.1 Å². The fourth-order valence-electron chi connectivity index (χ4n) is 3.62. The van der Waals surface area contributed by atoms with Crippen LogP contribution in [0.15, 0.2) is 61.3 Å². The maximum absolute atomic E-state index is 11.7. The number of amides is 1. The van der Waals surface area contributed by atoms with Gasteiger partial charge in [0.2, 0.25) is 5.91 Å². The third-order valence-electron chi connectivity index (χ3n) is 5.24. The van der Waals surface area contributed by atoms with E-state index in [4.69, 9.17) is 14.7 Å². The molecule has 0 atom stereocenters. The van der Waals surface area contributed by atoms with Gasteiger partial charge in [-0.1, -0.05) is 30.0 Å². The van der Waals surface area contributed by atoms with Gasteiger partial charge < -0.3 is 15.4 Å². The van der Waals surface area contributed by atoms with Crippen LogP contribution in [0.2, 0.25) is 0 Å². The van der Waals surface area contributed by atoms with Crippen LogP contribution < -0.4 is 10.6 Å². The molecule has 5 rings (SSSR count). The molecule has 0 saturated carbocycles. The lowest BCUT2D eigenvalue weighted by Crippen LogP contribution is -2.35. The first kappa shape index (κ1) is 22.1. The molecule has 1 aliphatic heterocycles. The fraction of sp³-hybridized carbons (Fsp3) is 0.208. The number of carbonyl (C=O) groups excluding carboxylic acids is 1. The van der Waals surface area contributed by atoms with Crippen molar-refractivity contribution in [3.05, 3.63) is 67.0 Å². The molecule has 9 nitrogen and oxygen atoms in total. The highest BCUT2D eigenvalue weighted by molar-refractivity contribution is 7.21. The van der Waals surface area contributed by atoms with Crippen molar-refractivity contribution in [2.24, 2.45) is 0 Å². The topological polar surface area (TPSA) is 105 Å². The molecule has 0 bridgehead atoms. The lowest BCUT2D eigenvalue weighted by Gasteiger charge is -2.26. The smallest absolute Gasteiger partial charge is 0.247 e. The van der Waals surface area contributed by atoms with Crippen LogP contribution in [0.1, 0.15) is 5.69 Å². The van der Waals surface area contributed by atoms with Crippen molar-refractivity contribution in [1.29, 1.82) is 0 Å². The molecule has 10 heteroatoms. The number of anilines is 3. The van der Waals surface area contributed by atoms with Crippen LogP contribution in [0.25, 0.3) is 21.7 Å². The van der Waals surface area contributed by atoms with E-state index in [9.17, 15) is 4.79 Å². The minimum atomic E-state index is -0.272. The van der Waals surface area contributed by atoms with Crippen LogP contribution in [0.3, 0.4) is 0 Å². The van der Waals surface area contributed by atoms with E-state index in [-0.39, 0.29) is 5.91 Å². The van der Waals surface area contributed by atoms with Gasteiger partial charge in [0.05, 0.1) is 18.9 Å². The van der Waals surface area contributed by atoms with Crippen LogP contribution in [0, 0.1) is 0 Å². The predicted molar refractivity (Wildman–Crippen MR) is 133 cm³/mol. The second-order valence-electron chi connectivity index (χ2n) is 7.70. The minimum Gasteiger partial charge on any atom is -0.379 e. The van der Waals surface area contributed by atoms with Crippen molar-refractivity contribution in [2.75, 3.05) is 36.9 Å². The Labute approximate surface area is 200 Å². The summed E-state index contributed by atoms with van der Waals surface area (Å²) in [4.78, 5) is 33.5. The molecule has 172 valence electrons. The molecular weight excluding hydrogens is 450 g/mol. The van der Waals surface area contributed by atoms with Gasteiger partial charge in [0.25, 0.3) is 0 Å². The third kappa shape index (κ3) is 5.25. The van der Waals surface area contributed by atoms with E-state index in [1.54, 1.807) is 6.20 Å². The number of fused-ring (bicyclic) bond motifs is 1. The number of rotatable bonds is 7. The summed E-state index contributed by atoms with van der Waals surface area (Å²) in [5.41, 5.74) is 3.16. The van der Waals surface area contributed by atoms with E-state index < -0.39 is 0 Å². The maximum Gasteiger partial charge on any atom is 0.247 e. The number of thiazole rings is 1. The summed E-state index contributed by atoms with van der Waals surface area (Å²) >= 11 is 1.47. The number of nitrogens with one attached hydrogen (secondary N) is 2. The van der Waals surface area contributed by atoms with E-state index in [1.165, 1.54) is 17.4 Å². The summed E-state index contributed by atoms with van der Waals surface area (Å²) < 4.78 is 5.47. The SMILES string of the molecule is C=CC(=O)Nc1cccc(-c2nc(CN3CCOCC3)cc(Nc3nc4cccnc4s3)n2)c1. The Morgan fingerprint density at radius 3 is 2.85 bits per heavy atom. The highest BCUT2D eigenvalue weighted by Crippen LogP contribution is 2.28. The first-order valence-electron chi connectivity index (χ1n) is 10.9. The Morgan fingerprint density at radius 1 is 1.15 bits per heavy atom. The Kier molecular flexibility index (Phi) is 6.52. The Bertz CT molecular complexity index is 1300. The molecule has 3 aromatic heterocycles. The molecule has 4 heterocycles. The number of pyridine rings is 1. The lowest BCUT2D eigenvalue weighted by atomic mass is 10.1. The molecule has 34 heavy (non-hydrogen) atoms. The molecule has 0 radical (unpaired) electrons. The molecule has 4 aromatic rings. The second kappa shape index (κ2) is 10.0. The van der Waals surface area contributed by atoms with Gasteiger partial charge in [0, 0.05) is 43.1 Å². The van der Waals surface area contributed by atoms with Gasteiger partial charge in [0.1, 0.15) is 16.2 Å². The number of ether oxygens (including phenoxy) is 1. The van der Waals surface area contributed by atoms with Crippen molar-refractivity contribution in [2.45, 2.75) is 6.54 Å². The zero-order valence-electron chi connectivity index (χ0n) is 18.4. The van der Waals surface area contributed by atoms with Crippen molar-refractivity contribution >= 4 is 44.2 Å². The van der Waals surface area contributed by atoms with Gasteiger partial charge in [-0.15, -0.1) is 0 Å². The average Bonchev–Trinajstić information content (AvgIpc) is 3.27. The second-order valence-corrected chi connectivity index (χ2v) is 8.68. The van der Waals surface area contributed by atoms with Crippen molar-refractivity contribution in [3.8, 4) is 11.4 Å². The molecular formula is C24H23N7O2S. The first-order valence-corrected chi connectivity index (χ1v) is 11.7. The van der Waals surface area contributed by atoms with Crippen molar-refractivity contribution in [1.82, 2.24) is 24.8 Å². The van der Waals surface area contributed by atoms with Gasteiger partial charge in [-0.2, -0.15) is 0 Å². The number of nitrogens with zero attached hydrogens (tertiary/aromatic N) is 5. The molecule has 0 aliphatic carbocycles. The quantitative estimate of drug-likeness (QED) is 0.390. The summed E-state index contributed by atoms with van der Waals surface area (Å²) in [5, 5.41) is 6.82. The predicted octanol–water partition coefficient (Wildman–Crippen LogP) is 3.85. The van der Waals surface area contributed by atoms with Crippen LogP contribution in [-0.4, -0.2) is 57.0 Å². The largest absolute Gasteiger partial charge is 0.379 e. The number of benzene rings is 1. The van der Waals surface area contributed by atoms with Crippen LogP contribution in [0.5, 0.6) is 0 Å². The summed E-state index contributed by atoms with van der Waals surface area (Å²) in [6.07, 6.45) is 2.99. The van der Waals surface area contributed by atoms with E-state index in [0.717, 1.165) is 34.7 Å². The molecule has 1 aromatic carbocycles. The van der Waals surface area contributed by atoms with Crippen molar-refractivity contribution < 1.29 is 9.53 Å². The fourth-order valence-corrected chi connectivity index (χ4v) is 4.44. The number of aromatic nitrogens is 4. The number of carbonyl (C=O) groups is 1. The van der Waals surface area contributed by atoms with Crippen molar-refractivity contribution in [3.63, 3.8) is 0 Å². The molecule has 1 saturated heterocycles. The maximum atomic E-state index is 11.7. The monoisotopic (exact) mass is 473 g/mol. The zero-order chi connectivity index (χ0) is 23.3. The molecule has 0 spiro atoms. The molecule has 1 amide bonds. The standard InChI is InChI=1S/C24H23N7O2S/c1-2-21(32)26-17-6-3-5-16(13-17)22-27-18(15-31-9-11-33-12-10-31)14-20(29-22)30-24-28-19-7-4-8-25-23(19)34-24/h2-8,13-14H,1,9-12,15H2,(H,26,32)(H,27,28,29,30). The number of hydrogen-bond acceptors (Lipinski definition) is 9. The molecule has 1 aliphatic rings. The summed E-state index contributed by atoms with van der Waals surface area (Å²) in [6, 6.07) is 13.2. The molecule has 2 N–H and O–H groups in total. The van der Waals surface area contributed by atoms with E-state index in [0.29, 0.717) is 42.2 Å². The lowest BCUT2D eigenvalue weighted by molar-refractivity contribution is -0.111. The van der Waals surface area contributed by atoms with Gasteiger partial charge >= 0.3 is 0 Å². The summed E-state index contributed by atoms with van der Waals surface area (Å²) in [5.74, 6) is 0.931. The Balaban J connectivity index is 1.48. The number of hydrogen-bond donors (Lipinski definition) is 2. The molecule has 0 unspecified atom stereocenters. The first-order chi connectivity index (χ1) is 16.7. The highest BCUT2D eigenvalue weighted by Gasteiger charge is 2.15. The van der Waals surface area contributed by atoms with Crippen LogP contribution in [-0.2, 0) is 16.1 Å². The highest BCUT2D eigenvalue weighted by atomic mass is 32.1.